The van der Waals surface area contributed by atoms with E-state index >= 15 is 0 Å². The second-order valence-electron chi connectivity index (χ2n) is 5.54. The molecule has 1 unspecified atom stereocenters. The quantitative estimate of drug-likeness (QED) is 0.508. The van der Waals surface area contributed by atoms with Crippen molar-refractivity contribution in [2.45, 2.75) is 52.0 Å². The molecule has 0 aliphatic rings. The lowest BCUT2D eigenvalue weighted by Crippen LogP contribution is -2.10. The van der Waals surface area contributed by atoms with Gasteiger partial charge in [0.1, 0.15) is 11.6 Å². The third-order valence-corrected chi connectivity index (χ3v) is 4.14. The van der Waals surface area contributed by atoms with Crippen LogP contribution in [0.25, 0.3) is 11.0 Å². The van der Waals surface area contributed by atoms with Gasteiger partial charge in [0, 0.05) is 24.4 Å². The number of imidazole rings is 1. The molecule has 1 heterocycles. The van der Waals surface area contributed by atoms with E-state index in [1.54, 1.807) is 7.11 Å². The molecule has 0 radical (unpaired) electrons. The summed E-state index contributed by atoms with van der Waals surface area (Å²) in [5.41, 5.74) is 2.18. The first-order valence-electron chi connectivity index (χ1n) is 7.82. The third-order valence-electron chi connectivity index (χ3n) is 3.95. The van der Waals surface area contributed by atoms with Crippen molar-refractivity contribution >= 4 is 22.6 Å². The SMILES string of the molecule is CCCCCC(C)n1c(CCCl)nc2ccc(OC)cc21. The molecule has 0 saturated carbocycles. The Bertz CT molecular complexity index is 579. The first kappa shape index (κ1) is 16.2. The minimum absolute atomic E-state index is 0.437. The molecule has 0 amide bonds. The number of unbranched alkanes of at least 4 members (excludes halogenated alkanes) is 2. The van der Waals surface area contributed by atoms with Gasteiger partial charge in [-0.25, -0.2) is 4.98 Å². The van der Waals surface area contributed by atoms with E-state index in [9.17, 15) is 0 Å². The van der Waals surface area contributed by atoms with Crippen LogP contribution in [-0.4, -0.2) is 22.5 Å². The van der Waals surface area contributed by atoms with Gasteiger partial charge in [0.25, 0.3) is 0 Å². The number of rotatable bonds is 8. The van der Waals surface area contributed by atoms with Gasteiger partial charge in [-0.1, -0.05) is 26.2 Å². The van der Waals surface area contributed by atoms with E-state index in [4.69, 9.17) is 21.3 Å². The predicted molar refractivity (Wildman–Crippen MR) is 89.6 cm³/mol. The summed E-state index contributed by atoms with van der Waals surface area (Å²) in [5, 5.41) is 0. The fraction of sp³-hybridized carbons (Fsp3) is 0.588. The highest BCUT2D eigenvalue weighted by atomic mass is 35.5. The Labute approximate surface area is 132 Å². The number of fused-ring (bicyclic) bond motifs is 1. The lowest BCUT2D eigenvalue weighted by atomic mass is 10.1. The van der Waals surface area contributed by atoms with E-state index in [1.807, 2.05) is 12.1 Å². The maximum atomic E-state index is 5.95. The summed E-state index contributed by atoms with van der Waals surface area (Å²) < 4.78 is 7.70. The molecule has 4 heteroatoms. The highest BCUT2D eigenvalue weighted by Crippen LogP contribution is 2.28. The smallest absolute Gasteiger partial charge is 0.121 e. The standard InChI is InChI=1S/C17H25ClN2O/c1-4-5-6-7-13(2)20-16-12-14(21-3)8-9-15(16)19-17(20)10-11-18/h8-9,12-13H,4-7,10-11H2,1-3H3. The summed E-state index contributed by atoms with van der Waals surface area (Å²) in [7, 11) is 1.70. The van der Waals surface area contributed by atoms with Crippen molar-refractivity contribution in [3.05, 3.63) is 24.0 Å². The molecule has 21 heavy (non-hydrogen) atoms. The zero-order valence-corrected chi connectivity index (χ0v) is 14.0. The van der Waals surface area contributed by atoms with Crippen molar-refractivity contribution in [1.82, 2.24) is 9.55 Å². The van der Waals surface area contributed by atoms with E-state index < -0.39 is 0 Å². The van der Waals surface area contributed by atoms with E-state index in [2.05, 4.69) is 24.5 Å². The maximum Gasteiger partial charge on any atom is 0.121 e. The molecule has 0 N–H and O–H groups in total. The molecule has 0 saturated heterocycles. The predicted octanol–water partition coefficient (Wildman–Crippen LogP) is 4.97. The van der Waals surface area contributed by atoms with Crippen molar-refractivity contribution in [3.8, 4) is 5.75 Å². The topological polar surface area (TPSA) is 27.1 Å². The molecular weight excluding hydrogens is 284 g/mol. The van der Waals surface area contributed by atoms with Crippen molar-refractivity contribution in [1.29, 1.82) is 0 Å². The van der Waals surface area contributed by atoms with Crippen LogP contribution in [0.3, 0.4) is 0 Å². The summed E-state index contributed by atoms with van der Waals surface area (Å²) in [4.78, 5) is 4.75. The van der Waals surface area contributed by atoms with Crippen LogP contribution >= 0.6 is 11.6 Å². The van der Waals surface area contributed by atoms with Gasteiger partial charge in [-0.15, -0.1) is 11.6 Å². The first-order chi connectivity index (χ1) is 10.2. The maximum absolute atomic E-state index is 5.95. The number of alkyl halides is 1. The molecule has 0 bridgehead atoms. The molecule has 0 spiro atoms. The lowest BCUT2D eigenvalue weighted by molar-refractivity contribution is 0.414. The summed E-state index contributed by atoms with van der Waals surface area (Å²) in [6, 6.07) is 6.51. The Morgan fingerprint density at radius 3 is 2.81 bits per heavy atom. The normalized spacial score (nSPS) is 12.8. The average Bonchev–Trinajstić information content (AvgIpc) is 2.84. The minimum atomic E-state index is 0.437. The Morgan fingerprint density at radius 2 is 2.14 bits per heavy atom. The second kappa shape index (κ2) is 7.69. The number of aryl methyl sites for hydroxylation is 1. The minimum Gasteiger partial charge on any atom is -0.497 e. The van der Waals surface area contributed by atoms with Gasteiger partial charge in [-0.05, 0) is 25.5 Å². The van der Waals surface area contributed by atoms with Gasteiger partial charge in [-0.3, -0.25) is 0 Å². The van der Waals surface area contributed by atoms with Crippen molar-refractivity contribution < 1.29 is 4.74 Å². The highest BCUT2D eigenvalue weighted by Gasteiger charge is 2.16. The van der Waals surface area contributed by atoms with Crippen LogP contribution in [0.1, 0.15) is 51.4 Å². The fourth-order valence-corrected chi connectivity index (χ4v) is 2.99. The Morgan fingerprint density at radius 1 is 1.33 bits per heavy atom. The summed E-state index contributed by atoms with van der Waals surface area (Å²) in [5.74, 6) is 2.56. The summed E-state index contributed by atoms with van der Waals surface area (Å²) >= 11 is 5.95. The molecule has 0 fully saturated rings. The van der Waals surface area contributed by atoms with Crippen molar-refractivity contribution in [2.24, 2.45) is 0 Å². The molecule has 0 aliphatic heterocycles. The van der Waals surface area contributed by atoms with E-state index in [0.29, 0.717) is 11.9 Å². The van der Waals surface area contributed by atoms with Crippen molar-refractivity contribution in [2.75, 3.05) is 13.0 Å². The Balaban J connectivity index is 2.38. The van der Waals surface area contributed by atoms with Gasteiger partial charge in [0.15, 0.2) is 0 Å². The molecule has 0 aliphatic carbocycles. The third kappa shape index (κ3) is 3.70. The van der Waals surface area contributed by atoms with Crippen LogP contribution in [0, 0.1) is 0 Å². The van der Waals surface area contributed by atoms with Crippen LogP contribution in [-0.2, 0) is 6.42 Å². The molecule has 1 aromatic carbocycles. The number of halogens is 1. The van der Waals surface area contributed by atoms with Gasteiger partial charge in [0.2, 0.25) is 0 Å². The second-order valence-corrected chi connectivity index (χ2v) is 5.91. The molecule has 2 aromatic rings. The van der Waals surface area contributed by atoms with Crippen LogP contribution in [0.4, 0.5) is 0 Å². The van der Waals surface area contributed by atoms with E-state index in [1.165, 1.54) is 25.7 Å². The number of benzene rings is 1. The van der Waals surface area contributed by atoms with Crippen LogP contribution in [0.5, 0.6) is 5.75 Å². The Hall–Kier alpha value is -1.22. The lowest BCUT2D eigenvalue weighted by Gasteiger charge is -2.17. The summed E-state index contributed by atoms with van der Waals surface area (Å²) in [6.07, 6.45) is 5.76. The van der Waals surface area contributed by atoms with Gasteiger partial charge < -0.3 is 9.30 Å². The molecule has 3 nitrogen and oxygen atoms in total. The zero-order valence-electron chi connectivity index (χ0n) is 13.2. The van der Waals surface area contributed by atoms with Gasteiger partial charge >= 0.3 is 0 Å². The molecule has 116 valence electrons. The number of hydrogen-bond acceptors (Lipinski definition) is 2. The van der Waals surface area contributed by atoms with Gasteiger partial charge in [-0.2, -0.15) is 0 Å². The van der Waals surface area contributed by atoms with E-state index in [-0.39, 0.29) is 0 Å². The molecular formula is C17H25ClN2O. The van der Waals surface area contributed by atoms with Crippen LogP contribution < -0.4 is 4.74 Å². The first-order valence-corrected chi connectivity index (χ1v) is 8.35. The average molecular weight is 309 g/mol. The number of aromatic nitrogens is 2. The Kier molecular flexibility index (Phi) is 5.92. The number of hydrogen-bond donors (Lipinski definition) is 0. The van der Waals surface area contributed by atoms with Crippen LogP contribution in [0.15, 0.2) is 18.2 Å². The van der Waals surface area contributed by atoms with Crippen LogP contribution in [0.2, 0.25) is 0 Å². The number of methoxy groups -OCH3 is 1. The molecule has 1 atom stereocenters. The van der Waals surface area contributed by atoms with Gasteiger partial charge in [0.05, 0.1) is 18.1 Å². The largest absolute Gasteiger partial charge is 0.497 e. The number of ether oxygens (including phenoxy) is 1. The zero-order chi connectivity index (χ0) is 15.2. The summed E-state index contributed by atoms with van der Waals surface area (Å²) in [6.45, 7) is 4.51. The number of nitrogens with zero attached hydrogens (tertiary/aromatic N) is 2. The van der Waals surface area contributed by atoms with Crippen molar-refractivity contribution in [3.63, 3.8) is 0 Å². The molecule has 2 rings (SSSR count). The monoisotopic (exact) mass is 308 g/mol. The highest BCUT2D eigenvalue weighted by molar-refractivity contribution is 6.17. The molecule has 1 aromatic heterocycles. The fourth-order valence-electron chi connectivity index (χ4n) is 2.82. The van der Waals surface area contributed by atoms with E-state index in [0.717, 1.165) is 29.0 Å².